The SMILES string of the molecule is Cc1cccc2c1c1c(C)cccc1n2-c1cncc(-n2c3cccc(C)c3c3c(C)cccc32)c1-c1ccc(C#N)cc1. The van der Waals surface area contributed by atoms with Crippen LogP contribution in [0.1, 0.15) is 27.8 Å². The van der Waals surface area contributed by atoms with Crippen molar-refractivity contribution in [1.29, 1.82) is 5.26 Å². The van der Waals surface area contributed by atoms with Crippen LogP contribution >= 0.6 is 0 Å². The molecule has 0 spiro atoms. The van der Waals surface area contributed by atoms with Crippen molar-refractivity contribution in [2.24, 2.45) is 0 Å². The van der Waals surface area contributed by atoms with Crippen molar-refractivity contribution in [3.05, 3.63) is 137 Å². The van der Waals surface area contributed by atoms with E-state index in [1.807, 2.05) is 24.5 Å². The molecule has 0 aliphatic carbocycles. The third-order valence-corrected chi connectivity index (χ3v) is 9.16. The van der Waals surface area contributed by atoms with Crippen molar-refractivity contribution in [2.45, 2.75) is 27.7 Å². The summed E-state index contributed by atoms with van der Waals surface area (Å²) in [7, 11) is 0. The molecule has 4 nitrogen and oxygen atoms in total. The van der Waals surface area contributed by atoms with E-state index in [0.717, 1.165) is 44.6 Å². The summed E-state index contributed by atoms with van der Waals surface area (Å²) in [6.45, 7) is 8.77. The third-order valence-electron chi connectivity index (χ3n) is 9.16. The van der Waals surface area contributed by atoms with Crippen molar-refractivity contribution in [3.8, 4) is 28.6 Å². The van der Waals surface area contributed by atoms with E-state index in [4.69, 9.17) is 4.98 Å². The number of hydrogen-bond acceptors (Lipinski definition) is 2. The number of rotatable bonds is 3. The maximum absolute atomic E-state index is 9.62. The first-order chi connectivity index (χ1) is 21.5. The van der Waals surface area contributed by atoms with Gasteiger partial charge in [-0.25, -0.2) is 0 Å². The lowest BCUT2D eigenvalue weighted by atomic mass is 10.0. The number of nitrogens with zero attached hydrogens (tertiary/aromatic N) is 4. The Morgan fingerprint density at radius 3 is 1.20 bits per heavy atom. The molecule has 5 aromatic carbocycles. The number of aryl methyl sites for hydroxylation is 4. The number of nitriles is 1. The summed E-state index contributed by atoms with van der Waals surface area (Å²) < 4.78 is 4.75. The second kappa shape index (κ2) is 9.69. The molecule has 8 rings (SSSR count). The Hall–Kier alpha value is -5.66. The van der Waals surface area contributed by atoms with Crippen molar-refractivity contribution in [3.63, 3.8) is 0 Å². The van der Waals surface area contributed by atoms with Crippen molar-refractivity contribution in [2.75, 3.05) is 0 Å². The van der Waals surface area contributed by atoms with Crippen LogP contribution in [0.3, 0.4) is 0 Å². The average molecular weight is 567 g/mol. The van der Waals surface area contributed by atoms with Crippen LogP contribution in [-0.4, -0.2) is 14.1 Å². The molecule has 4 heteroatoms. The van der Waals surface area contributed by atoms with E-state index in [-0.39, 0.29) is 0 Å². The van der Waals surface area contributed by atoms with Crippen LogP contribution in [0.15, 0.2) is 109 Å². The van der Waals surface area contributed by atoms with E-state index in [9.17, 15) is 5.26 Å². The van der Waals surface area contributed by atoms with E-state index in [0.29, 0.717) is 5.56 Å². The fraction of sp³-hybridized carbons (Fsp3) is 0.100. The molecular formula is C40H30N4. The maximum Gasteiger partial charge on any atom is 0.0991 e. The topological polar surface area (TPSA) is 46.5 Å². The Balaban J connectivity index is 1.58. The number of aromatic nitrogens is 3. The summed E-state index contributed by atoms with van der Waals surface area (Å²) >= 11 is 0. The van der Waals surface area contributed by atoms with Crippen molar-refractivity contribution >= 4 is 43.6 Å². The van der Waals surface area contributed by atoms with Crippen molar-refractivity contribution in [1.82, 2.24) is 14.1 Å². The predicted octanol–water partition coefficient (Wildman–Crippen LogP) is 10.0. The predicted molar refractivity (Wildman–Crippen MR) is 182 cm³/mol. The molecule has 8 aromatic rings. The zero-order valence-corrected chi connectivity index (χ0v) is 25.2. The normalized spacial score (nSPS) is 11.6. The van der Waals surface area contributed by atoms with Crippen LogP contribution < -0.4 is 0 Å². The third kappa shape index (κ3) is 3.60. The van der Waals surface area contributed by atoms with Gasteiger partial charge >= 0.3 is 0 Å². The molecule has 0 N–H and O–H groups in total. The zero-order valence-electron chi connectivity index (χ0n) is 25.2. The molecule has 0 amide bonds. The van der Waals surface area contributed by atoms with Gasteiger partial charge in [0, 0.05) is 27.1 Å². The van der Waals surface area contributed by atoms with Gasteiger partial charge in [-0.15, -0.1) is 0 Å². The summed E-state index contributed by atoms with van der Waals surface area (Å²) in [5.74, 6) is 0. The van der Waals surface area contributed by atoms with Crippen LogP contribution in [0.2, 0.25) is 0 Å². The lowest BCUT2D eigenvalue weighted by Gasteiger charge is -2.19. The summed E-state index contributed by atoms with van der Waals surface area (Å²) in [5.41, 5.74) is 14.3. The second-order valence-corrected chi connectivity index (χ2v) is 11.8. The van der Waals surface area contributed by atoms with Crippen LogP contribution in [-0.2, 0) is 0 Å². The Kier molecular flexibility index (Phi) is 5.73. The van der Waals surface area contributed by atoms with E-state index in [1.165, 1.54) is 43.8 Å². The largest absolute Gasteiger partial charge is 0.307 e. The van der Waals surface area contributed by atoms with Gasteiger partial charge in [0.2, 0.25) is 0 Å². The number of pyridine rings is 1. The number of fused-ring (bicyclic) bond motifs is 6. The first kappa shape index (κ1) is 26.0. The fourth-order valence-electron chi connectivity index (χ4n) is 7.22. The van der Waals surface area contributed by atoms with E-state index >= 15 is 0 Å². The summed E-state index contributed by atoms with van der Waals surface area (Å²) in [6.07, 6.45) is 3.98. The van der Waals surface area contributed by atoms with Crippen LogP contribution in [0, 0.1) is 39.0 Å². The number of benzene rings is 5. The molecule has 0 fully saturated rings. The molecule has 0 atom stereocenters. The van der Waals surface area contributed by atoms with Crippen LogP contribution in [0.25, 0.3) is 66.1 Å². The van der Waals surface area contributed by atoms with Crippen LogP contribution in [0.5, 0.6) is 0 Å². The van der Waals surface area contributed by atoms with Gasteiger partial charge in [0.25, 0.3) is 0 Å². The maximum atomic E-state index is 9.62. The highest BCUT2D eigenvalue weighted by Crippen LogP contribution is 2.43. The first-order valence-corrected chi connectivity index (χ1v) is 15.0. The van der Waals surface area contributed by atoms with Gasteiger partial charge in [0.05, 0.1) is 57.5 Å². The molecule has 210 valence electrons. The summed E-state index contributed by atoms with van der Waals surface area (Å²) in [4.78, 5) is 4.94. The van der Waals surface area contributed by atoms with E-state index in [1.54, 1.807) is 0 Å². The van der Waals surface area contributed by atoms with Gasteiger partial charge in [-0.1, -0.05) is 60.7 Å². The molecular weight excluding hydrogens is 536 g/mol. The molecule has 0 unspecified atom stereocenters. The lowest BCUT2D eigenvalue weighted by molar-refractivity contribution is 1.09. The highest BCUT2D eigenvalue weighted by molar-refractivity contribution is 6.14. The van der Waals surface area contributed by atoms with Gasteiger partial charge in [-0.05, 0) is 91.9 Å². The fourth-order valence-corrected chi connectivity index (χ4v) is 7.22. The summed E-state index contributed by atoms with van der Waals surface area (Å²) in [6, 6.07) is 36.4. The Labute approximate surface area is 256 Å². The van der Waals surface area contributed by atoms with Gasteiger partial charge in [-0.3, -0.25) is 4.98 Å². The minimum absolute atomic E-state index is 0.636. The molecule has 0 radical (unpaired) electrons. The number of hydrogen-bond donors (Lipinski definition) is 0. The zero-order chi connectivity index (χ0) is 30.1. The highest BCUT2D eigenvalue weighted by atomic mass is 15.0. The monoisotopic (exact) mass is 566 g/mol. The van der Waals surface area contributed by atoms with Gasteiger partial charge < -0.3 is 9.13 Å². The molecule has 0 saturated carbocycles. The van der Waals surface area contributed by atoms with Gasteiger partial charge in [0.15, 0.2) is 0 Å². The Morgan fingerprint density at radius 2 is 0.864 bits per heavy atom. The van der Waals surface area contributed by atoms with Crippen molar-refractivity contribution < 1.29 is 0 Å². The van der Waals surface area contributed by atoms with E-state index in [2.05, 4.69) is 128 Å². The van der Waals surface area contributed by atoms with Gasteiger partial charge in [-0.2, -0.15) is 5.26 Å². The van der Waals surface area contributed by atoms with E-state index < -0.39 is 0 Å². The van der Waals surface area contributed by atoms with Gasteiger partial charge in [0.1, 0.15) is 0 Å². The minimum Gasteiger partial charge on any atom is -0.307 e. The average Bonchev–Trinajstić information content (AvgIpc) is 3.57. The molecule has 3 aromatic heterocycles. The highest BCUT2D eigenvalue weighted by Gasteiger charge is 2.23. The summed E-state index contributed by atoms with van der Waals surface area (Å²) in [5, 5.41) is 14.7. The lowest BCUT2D eigenvalue weighted by Crippen LogP contribution is -2.05. The molecule has 3 heterocycles. The molecule has 0 bridgehead atoms. The quantitative estimate of drug-likeness (QED) is 0.214. The molecule has 0 saturated heterocycles. The Bertz CT molecular complexity index is 2220. The molecule has 0 aliphatic heterocycles. The van der Waals surface area contributed by atoms with Crippen LogP contribution in [0.4, 0.5) is 0 Å². The Morgan fingerprint density at radius 1 is 0.500 bits per heavy atom. The molecule has 44 heavy (non-hydrogen) atoms. The minimum atomic E-state index is 0.636. The standard InChI is InChI=1S/C40H30N4/c1-24-9-5-13-30-36(24)37-25(2)10-6-14-31(37)43(30)34-22-42-23-35(40(34)29-19-17-28(21-41)18-20-29)44-32-15-7-11-26(3)38(32)39-27(4)12-8-16-33(39)44/h5-20,22-23H,1-4H3. The second-order valence-electron chi connectivity index (χ2n) is 11.8. The smallest absolute Gasteiger partial charge is 0.0991 e. The first-order valence-electron chi connectivity index (χ1n) is 15.0. The molecule has 0 aliphatic rings.